The van der Waals surface area contributed by atoms with Crippen LogP contribution in [-0.4, -0.2) is 13.1 Å². The first-order chi connectivity index (χ1) is 7.21. The molecule has 3 rings (SSSR count). The predicted molar refractivity (Wildman–Crippen MR) is 63.4 cm³/mol. The zero-order chi connectivity index (χ0) is 10.5. The van der Waals surface area contributed by atoms with Gasteiger partial charge in [0.05, 0.1) is 0 Å². The summed E-state index contributed by atoms with van der Waals surface area (Å²) < 4.78 is 0. The predicted octanol–water partition coefficient (Wildman–Crippen LogP) is 2.48. The monoisotopic (exact) mass is 201 g/mol. The van der Waals surface area contributed by atoms with E-state index in [2.05, 4.69) is 31.3 Å². The largest absolute Gasteiger partial charge is 0.315 e. The van der Waals surface area contributed by atoms with E-state index in [1.54, 1.807) is 11.1 Å². The van der Waals surface area contributed by atoms with Gasteiger partial charge in [0.15, 0.2) is 0 Å². The van der Waals surface area contributed by atoms with Gasteiger partial charge in [-0.05, 0) is 49.8 Å². The molecule has 1 spiro atoms. The molecule has 0 saturated carbocycles. The Morgan fingerprint density at radius 1 is 1.20 bits per heavy atom. The summed E-state index contributed by atoms with van der Waals surface area (Å²) in [6.45, 7) is 6.89. The summed E-state index contributed by atoms with van der Waals surface area (Å²) in [4.78, 5) is 0. The van der Waals surface area contributed by atoms with Crippen LogP contribution in [0.25, 0.3) is 0 Å². The standard InChI is InChI=1S/C14H19N/c1-10-6-11(2)12-4-3-5-14(8-15-9-14)13(12)7-10/h6-7,15H,3-5,8-9H2,1-2H3. The molecule has 15 heavy (non-hydrogen) atoms. The lowest BCUT2D eigenvalue weighted by Crippen LogP contribution is -2.58. The molecule has 1 nitrogen and oxygen atoms in total. The van der Waals surface area contributed by atoms with Crippen molar-refractivity contribution in [2.45, 2.75) is 38.5 Å². The Kier molecular flexibility index (Phi) is 1.93. The molecule has 0 radical (unpaired) electrons. The molecular formula is C14H19N. The zero-order valence-corrected chi connectivity index (χ0v) is 9.69. The molecular weight excluding hydrogens is 182 g/mol. The second-order valence-corrected chi connectivity index (χ2v) is 5.35. The number of fused-ring (bicyclic) bond motifs is 2. The van der Waals surface area contributed by atoms with E-state index in [1.165, 1.54) is 43.5 Å². The van der Waals surface area contributed by atoms with Gasteiger partial charge in [-0.1, -0.05) is 17.7 Å². The molecule has 0 aromatic heterocycles. The Bertz CT molecular complexity index is 402. The van der Waals surface area contributed by atoms with Gasteiger partial charge in [0.2, 0.25) is 0 Å². The van der Waals surface area contributed by atoms with Crippen LogP contribution in [0.3, 0.4) is 0 Å². The smallest absolute Gasteiger partial charge is 0.0205 e. The number of aryl methyl sites for hydroxylation is 2. The van der Waals surface area contributed by atoms with E-state index in [1.807, 2.05) is 0 Å². The molecule has 1 fully saturated rings. The van der Waals surface area contributed by atoms with Gasteiger partial charge < -0.3 is 5.32 Å². The lowest BCUT2D eigenvalue weighted by molar-refractivity contribution is 0.239. The van der Waals surface area contributed by atoms with Gasteiger partial charge in [-0.3, -0.25) is 0 Å². The Morgan fingerprint density at radius 3 is 2.67 bits per heavy atom. The highest BCUT2D eigenvalue weighted by Crippen LogP contribution is 2.41. The maximum absolute atomic E-state index is 3.45. The van der Waals surface area contributed by atoms with E-state index in [-0.39, 0.29) is 0 Å². The third kappa shape index (κ3) is 1.26. The molecule has 0 amide bonds. The van der Waals surface area contributed by atoms with Gasteiger partial charge >= 0.3 is 0 Å². The average Bonchev–Trinajstić information content (AvgIpc) is 2.14. The SMILES string of the molecule is Cc1cc(C)c2c(c1)C1(CCC2)CNC1. The summed E-state index contributed by atoms with van der Waals surface area (Å²) in [6.07, 6.45) is 4.05. The fourth-order valence-electron chi connectivity index (χ4n) is 3.33. The third-order valence-electron chi connectivity index (χ3n) is 4.20. The van der Waals surface area contributed by atoms with Gasteiger partial charge in [0.1, 0.15) is 0 Å². The molecule has 1 heterocycles. The Balaban J connectivity index is 2.18. The van der Waals surface area contributed by atoms with Crippen LogP contribution in [0.15, 0.2) is 12.1 Å². The van der Waals surface area contributed by atoms with Crippen LogP contribution in [0, 0.1) is 13.8 Å². The fourth-order valence-corrected chi connectivity index (χ4v) is 3.33. The number of hydrogen-bond donors (Lipinski definition) is 1. The molecule has 1 aliphatic heterocycles. The number of benzene rings is 1. The second kappa shape index (κ2) is 3.08. The summed E-state index contributed by atoms with van der Waals surface area (Å²) in [6, 6.07) is 4.77. The summed E-state index contributed by atoms with van der Waals surface area (Å²) >= 11 is 0. The molecule has 80 valence electrons. The molecule has 1 heteroatoms. The molecule has 0 unspecified atom stereocenters. The molecule has 1 aromatic carbocycles. The van der Waals surface area contributed by atoms with Crippen LogP contribution in [0.5, 0.6) is 0 Å². The van der Waals surface area contributed by atoms with Gasteiger partial charge in [-0.2, -0.15) is 0 Å². The fraction of sp³-hybridized carbons (Fsp3) is 0.571. The van der Waals surface area contributed by atoms with Crippen molar-refractivity contribution in [2.75, 3.05) is 13.1 Å². The zero-order valence-electron chi connectivity index (χ0n) is 9.69. The first-order valence-corrected chi connectivity index (χ1v) is 6.03. The van der Waals surface area contributed by atoms with Crippen LogP contribution >= 0.6 is 0 Å². The quantitative estimate of drug-likeness (QED) is 0.680. The van der Waals surface area contributed by atoms with Gasteiger partial charge in [-0.25, -0.2) is 0 Å². The Labute approximate surface area is 91.9 Å². The molecule has 1 aromatic rings. The van der Waals surface area contributed by atoms with E-state index < -0.39 is 0 Å². The number of hydrogen-bond acceptors (Lipinski definition) is 1. The molecule has 1 aliphatic carbocycles. The summed E-state index contributed by atoms with van der Waals surface area (Å²) in [5.74, 6) is 0. The van der Waals surface area contributed by atoms with Crippen molar-refractivity contribution in [3.05, 3.63) is 34.4 Å². The minimum Gasteiger partial charge on any atom is -0.315 e. The first kappa shape index (κ1) is 9.41. The Hall–Kier alpha value is -0.820. The average molecular weight is 201 g/mol. The molecule has 1 saturated heterocycles. The van der Waals surface area contributed by atoms with Crippen molar-refractivity contribution in [1.29, 1.82) is 0 Å². The van der Waals surface area contributed by atoms with Gasteiger partial charge in [-0.15, -0.1) is 0 Å². The molecule has 2 aliphatic rings. The maximum Gasteiger partial charge on any atom is 0.0205 e. The van der Waals surface area contributed by atoms with Crippen LogP contribution in [-0.2, 0) is 11.8 Å². The summed E-state index contributed by atoms with van der Waals surface area (Å²) in [5, 5.41) is 3.45. The summed E-state index contributed by atoms with van der Waals surface area (Å²) in [7, 11) is 0. The van der Waals surface area contributed by atoms with E-state index in [9.17, 15) is 0 Å². The van der Waals surface area contributed by atoms with Crippen LogP contribution < -0.4 is 5.32 Å². The topological polar surface area (TPSA) is 12.0 Å². The van der Waals surface area contributed by atoms with Crippen molar-refractivity contribution in [1.82, 2.24) is 5.32 Å². The molecule has 0 bridgehead atoms. The van der Waals surface area contributed by atoms with Gasteiger partial charge in [0.25, 0.3) is 0 Å². The van der Waals surface area contributed by atoms with Gasteiger partial charge in [0, 0.05) is 18.5 Å². The van der Waals surface area contributed by atoms with Crippen LogP contribution in [0.2, 0.25) is 0 Å². The van der Waals surface area contributed by atoms with Crippen LogP contribution in [0.1, 0.15) is 35.1 Å². The Morgan fingerprint density at radius 2 is 2.00 bits per heavy atom. The first-order valence-electron chi connectivity index (χ1n) is 6.03. The third-order valence-corrected chi connectivity index (χ3v) is 4.20. The normalized spacial score (nSPS) is 22.3. The van der Waals surface area contributed by atoms with Crippen LogP contribution in [0.4, 0.5) is 0 Å². The van der Waals surface area contributed by atoms with Crippen molar-refractivity contribution < 1.29 is 0 Å². The van der Waals surface area contributed by atoms with Crippen molar-refractivity contribution in [3.8, 4) is 0 Å². The lowest BCUT2D eigenvalue weighted by Gasteiger charge is -2.47. The lowest BCUT2D eigenvalue weighted by atomic mass is 9.65. The minimum atomic E-state index is 0.504. The van der Waals surface area contributed by atoms with E-state index >= 15 is 0 Å². The highest BCUT2D eigenvalue weighted by Gasteiger charge is 2.41. The summed E-state index contributed by atoms with van der Waals surface area (Å²) in [5.41, 5.74) is 6.75. The van der Waals surface area contributed by atoms with Crippen molar-refractivity contribution in [2.24, 2.45) is 0 Å². The van der Waals surface area contributed by atoms with E-state index in [4.69, 9.17) is 0 Å². The molecule has 1 N–H and O–H groups in total. The second-order valence-electron chi connectivity index (χ2n) is 5.35. The minimum absolute atomic E-state index is 0.504. The molecule has 0 atom stereocenters. The van der Waals surface area contributed by atoms with Crippen molar-refractivity contribution >= 4 is 0 Å². The maximum atomic E-state index is 3.45. The number of rotatable bonds is 0. The highest BCUT2D eigenvalue weighted by atomic mass is 15.0. The van der Waals surface area contributed by atoms with E-state index in [0.29, 0.717) is 5.41 Å². The number of nitrogens with one attached hydrogen (secondary N) is 1. The van der Waals surface area contributed by atoms with E-state index in [0.717, 1.165) is 0 Å². The highest BCUT2D eigenvalue weighted by molar-refractivity contribution is 5.46. The van der Waals surface area contributed by atoms with Crippen molar-refractivity contribution in [3.63, 3.8) is 0 Å².